The first kappa shape index (κ1) is 25.3. The van der Waals surface area contributed by atoms with Gasteiger partial charge in [-0.05, 0) is 54.6 Å². The first-order valence-electron chi connectivity index (χ1n) is 10.6. The third-order valence-corrected chi connectivity index (χ3v) is 9.37. The van der Waals surface area contributed by atoms with Gasteiger partial charge in [-0.15, -0.1) is 22.7 Å². The van der Waals surface area contributed by atoms with Gasteiger partial charge >= 0.3 is 10.3 Å². The molecule has 2 aromatic heterocycles. The monoisotopic (exact) mass is 549 g/mol. The number of thiazole rings is 1. The second-order valence-electron chi connectivity index (χ2n) is 7.58. The summed E-state index contributed by atoms with van der Waals surface area (Å²) < 4.78 is 61.3. The number of rotatable bonds is 10. The largest absolute Gasteiger partial charge is 0.357 e. The fourth-order valence-electron chi connectivity index (χ4n) is 3.59. The quantitative estimate of drug-likeness (QED) is 0.262. The van der Waals surface area contributed by atoms with Crippen LogP contribution in [-0.4, -0.2) is 32.1 Å². The van der Waals surface area contributed by atoms with E-state index in [0.717, 1.165) is 15.4 Å². The molecule has 4 rings (SSSR count). The highest BCUT2D eigenvalue weighted by Crippen LogP contribution is 2.36. The van der Waals surface area contributed by atoms with Crippen molar-refractivity contribution in [3.63, 3.8) is 0 Å². The fraction of sp³-hybridized carbons (Fsp3) is 0.174. The molecule has 0 bridgehead atoms. The average molecular weight is 550 g/mol. The molecule has 0 spiro atoms. The van der Waals surface area contributed by atoms with Crippen molar-refractivity contribution in [2.24, 2.45) is 0 Å². The van der Waals surface area contributed by atoms with Crippen LogP contribution in [0.1, 0.15) is 24.2 Å². The van der Waals surface area contributed by atoms with E-state index in [1.54, 1.807) is 54.7 Å². The van der Waals surface area contributed by atoms with E-state index in [9.17, 15) is 16.8 Å². The van der Waals surface area contributed by atoms with Crippen LogP contribution in [0.2, 0.25) is 0 Å². The van der Waals surface area contributed by atoms with E-state index in [4.69, 9.17) is 9.54 Å². The summed E-state index contributed by atoms with van der Waals surface area (Å²) in [6, 6.07) is 18.6. The summed E-state index contributed by atoms with van der Waals surface area (Å²) in [4.78, 5) is 5.81. The number of aromatic nitrogens is 1. The van der Waals surface area contributed by atoms with E-state index in [1.165, 1.54) is 27.8 Å². The molecule has 184 valence electrons. The number of para-hydroxylation sites is 1. The van der Waals surface area contributed by atoms with Gasteiger partial charge in [0.1, 0.15) is 5.01 Å². The summed E-state index contributed by atoms with van der Waals surface area (Å²) in [6.45, 7) is 1.61. The van der Waals surface area contributed by atoms with E-state index in [2.05, 4.69) is 0 Å². The van der Waals surface area contributed by atoms with Crippen LogP contribution in [0.15, 0.2) is 77.5 Å². The smallest absolute Gasteiger partial charge is 0.269 e. The fourth-order valence-corrected chi connectivity index (χ4v) is 7.00. The predicted molar refractivity (Wildman–Crippen MR) is 142 cm³/mol. The Morgan fingerprint density at radius 2 is 1.69 bits per heavy atom. The van der Waals surface area contributed by atoms with Crippen LogP contribution in [0.25, 0.3) is 9.88 Å². The molecule has 0 saturated heterocycles. The third-order valence-electron chi connectivity index (χ3n) is 5.18. The maximum Gasteiger partial charge on any atom is 0.357 e. The molecule has 0 fully saturated rings. The van der Waals surface area contributed by atoms with E-state index in [0.29, 0.717) is 17.8 Å². The van der Waals surface area contributed by atoms with Crippen molar-refractivity contribution in [3.8, 4) is 9.88 Å². The predicted octanol–water partition coefficient (Wildman–Crippen LogP) is 5.23. The topological polar surface area (TPSA) is 117 Å². The molecule has 0 unspecified atom stereocenters. The average Bonchev–Trinajstić information content (AvgIpc) is 3.52. The Morgan fingerprint density at radius 3 is 2.29 bits per heavy atom. The van der Waals surface area contributed by atoms with Crippen LogP contribution in [-0.2, 0) is 26.7 Å². The molecule has 35 heavy (non-hydrogen) atoms. The number of hydrogen-bond acceptors (Lipinski definition) is 7. The zero-order valence-electron chi connectivity index (χ0n) is 18.6. The molecule has 1 atom stereocenters. The maximum atomic E-state index is 13.4. The lowest BCUT2D eigenvalue weighted by Crippen LogP contribution is -2.37. The summed E-state index contributed by atoms with van der Waals surface area (Å²) in [5, 5.41) is 4.66. The van der Waals surface area contributed by atoms with Crippen LogP contribution >= 0.6 is 22.7 Å². The Labute approximate surface area is 212 Å². The summed E-state index contributed by atoms with van der Waals surface area (Å²) in [5.74, 6) is -0.0858. The molecular formula is C23H23N3O5S4. The van der Waals surface area contributed by atoms with Crippen molar-refractivity contribution >= 4 is 54.4 Å². The van der Waals surface area contributed by atoms with E-state index >= 15 is 0 Å². The summed E-state index contributed by atoms with van der Waals surface area (Å²) >= 11 is 3.02. The molecule has 12 heteroatoms. The molecular weight excluding hydrogens is 527 g/mol. The van der Waals surface area contributed by atoms with Crippen molar-refractivity contribution < 1.29 is 21.4 Å². The normalized spacial score (nSPS) is 12.9. The number of nitrogens with one attached hydrogen (secondary N) is 1. The highest BCUT2D eigenvalue weighted by molar-refractivity contribution is 7.92. The zero-order valence-corrected chi connectivity index (χ0v) is 21.9. The summed E-state index contributed by atoms with van der Waals surface area (Å²) in [6.07, 6.45) is 0.299. The minimum Gasteiger partial charge on any atom is -0.269 e. The number of thiophene rings is 1. The number of nitrogens with zero attached hydrogens (tertiary/aromatic N) is 2. The van der Waals surface area contributed by atoms with E-state index in [1.807, 2.05) is 33.7 Å². The van der Waals surface area contributed by atoms with Gasteiger partial charge in [-0.1, -0.05) is 36.4 Å². The highest BCUT2D eigenvalue weighted by Gasteiger charge is 2.32. The van der Waals surface area contributed by atoms with Crippen LogP contribution in [0.4, 0.5) is 11.4 Å². The van der Waals surface area contributed by atoms with Gasteiger partial charge in [-0.3, -0.25) is 13.6 Å². The molecule has 0 amide bonds. The molecule has 0 saturated carbocycles. The molecule has 8 nitrogen and oxygen atoms in total. The van der Waals surface area contributed by atoms with Crippen molar-refractivity contribution in [1.29, 1.82) is 0 Å². The lowest BCUT2D eigenvalue weighted by molar-refractivity contribution is 0.489. The van der Waals surface area contributed by atoms with Gasteiger partial charge in [0.05, 0.1) is 33.7 Å². The van der Waals surface area contributed by atoms with E-state index in [-0.39, 0.29) is 11.4 Å². The highest BCUT2D eigenvalue weighted by atomic mass is 32.2. The van der Waals surface area contributed by atoms with E-state index < -0.39 is 26.4 Å². The number of hydrogen-bond donors (Lipinski definition) is 2. The second-order valence-corrected chi connectivity index (χ2v) is 12.7. The SMILES string of the molecule is CCS(=O)(=O)N(c1ccccc1)[C@@H](Cc1ccc(NS(=O)(=O)O)cc1)c1csc(-c2cccs2)n1. The van der Waals surface area contributed by atoms with Gasteiger partial charge in [0.25, 0.3) is 0 Å². The Balaban J connectivity index is 1.77. The first-order valence-corrected chi connectivity index (χ1v) is 15.4. The van der Waals surface area contributed by atoms with Gasteiger partial charge < -0.3 is 0 Å². The third kappa shape index (κ3) is 6.27. The molecule has 0 aliphatic heterocycles. The Bertz CT molecular complexity index is 1470. The van der Waals surface area contributed by atoms with Crippen LogP contribution < -0.4 is 9.03 Å². The molecule has 2 aromatic carbocycles. The molecule has 2 N–H and O–H groups in total. The zero-order chi connectivity index (χ0) is 25.1. The van der Waals surface area contributed by atoms with Gasteiger partial charge in [0.15, 0.2) is 0 Å². The molecule has 0 radical (unpaired) electrons. The number of anilines is 2. The summed E-state index contributed by atoms with van der Waals surface area (Å²) in [7, 11) is -8.07. The Kier molecular flexibility index (Phi) is 7.57. The minimum absolute atomic E-state index is 0.0858. The Hall–Kier alpha value is -2.77. The molecule has 0 aliphatic carbocycles. The maximum absolute atomic E-state index is 13.4. The molecule has 2 heterocycles. The van der Waals surface area contributed by atoms with Crippen molar-refractivity contribution in [2.45, 2.75) is 19.4 Å². The first-order chi connectivity index (χ1) is 16.7. The lowest BCUT2D eigenvalue weighted by Gasteiger charge is -2.32. The van der Waals surface area contributed by atoms with Crippen LogP contribution in [0, 0.1) is 0 Å². The lowest BCUT2D eigenvalue weighted by atomic mass is 10.0. The van der Waals surface area contributed by atoms with Crippen molar-refractivity contribution in [2.75, 3.05) is 14.8 Å². The standard InChI is InChI=1S/C23H23N3O5S4/c1-2-34(27,28)26(19-7-4-3-5-8-19)21(20-16-33-23(24-20)22-9-6-14-32-22)15-17-10-12-18(13-11-17)25-35(29,30)31/h3-14,16,21,25H,2,15H2,1H3,(H,29,30,31)/t21-/m0/s1. The van der Waals surface area contributed by atoms with Crippen LogP contribution in [0.5, 0.6) is 0 Å². The van der Waals surface area contributed by atoms with Crippen molar-refractivity contribution in [1.82, 2.24) is 4.98 Å². The van der Waals surface area contributed by atoms with Crippen molar-refractivity contribution in [3.05, 3.63) is 88.7 Å². The van der Waals surface area contributed by atoms with Gasteiger partial charge in [-0.2, -0.15) is 8.42 Å². The number of benzene rings is 2. The van der Waals surface area contributed by atoms with Gasteiger partial charge in [0, 0.05) is 5.38 Å². The van der Waals surface area contributed by atoms with Crippen LogP contribution in [0.3, 0.4) is 0 Å². The van der Waals surface area contributed by atoms with Gasteiger partial charge in [-0.25, -0.2) is 13.4 Å². The molecule has 4 aromatic rings. The minimum atomic E-state index is -4.39. The van der Waals surface area contributed by atoms with Gasteiger partial charge in [0.2, 0.25) is 10.0 Å². The Morgan fingerprint density at radius 1 is 0.971 bits per heavy atom. The summed E-state index contributed by atoms with van der Waals surface area (Å²) in [5.41, 5.74) is 2.13. The second kappa shape index (κ2) is 10.5. The molecule has 0 aliphatic rings. The number of sulfonamides is 1.